The van der Waals surface area contributed by atoms with E-state index in [1.54, 1.807) is 26.0 Å². The summed E-state index contributed by atoms with van der Waals surface area (Å²) in [7, 11) is -5.46. The summed E-state index contributed by atoms with van der Waals surface area (Å²) < 4.78 is 51.3. The fraction of sp³-hybridized carbons (Fsp3) is 0.611. The number of nitrogens with zero attached hydrogens (tertiary/aromatic N) is 2. The van der Waals surface area contributed by atoms with Gasteiger partial charge in [0.15, 0.2) is 0 Å². The van der Waals surface area contributed by atoms with Gasteiger partial charge < -0.3 is 5.32 Å². The van der Waals surface area contributed by atoms with E-state index >= 15 is 0 Å². The molecule has 1 aliphatic rings. The number of carbonyl (C=O) groups is 1. The van der Waals surface area contributed by atoms with Crippen molar-refractivity contribution in [3.05, 3.63) is 29.8 Å². The number of benzene rings is 1. The van der Waals surface area contributed by atoms with Crippen LogP contribution in [0.4, 0.5) is 0 Å². The molecule has 0 spiro atoms. The van der Waals surface area contributed by atoms with E-state index in [9.17, 15) is 21.6 Å². The third-order valence-electron chi connectivity index (χ3n) is 4.98. The molecule has 0 aromatic heterocycles. The van der Waals surface area contributed by atoms with Crippen molar-refractivity contribution in [3.8, 4) is 0 Å². The van der Waals surface area contributed by atoms with Gasteiger partial charge in [-0.25, -0.2) is 16.8 Å². The summed E-state index contributed by atoms with van der Waals surface area (Å²) in [5, 5.41) is 2.77. The molecule has 28 heavy (non-hydrogen) atoms. The molecule has 1 amide bonds. The molecular formula is C18H29N3O5S2. The zero-order valence-corrected chi connectivity index (χ0v) is 18.4. The first-order chi connectivity index (χ1) is 12.9. The fourth-order valence-corrected chi connectivity index (χ4v) is 5.59. The third-order valence-corrected chi connectivity index (χ3v) is 8.31. The van der Waals surface area contributed by atoms with Crippen LogP contribution in [0.2, 0.25) is 0 Å². The summed E-state index contributed by atoms with van der Waals surface area (Å²) in [6.45, 7) is 4.15. The lowest BCUT2D eigenvalue weighted by atomic mass is 10.0. The molecule has 1 atom stereocenters. The molecule has 1 aromatic carbocycles. The number of sulfonamides is 2. The predicted molar refractivity (Wildman–Crippen MR) is 108 cm³/mol. The Morgan fingerprint density at radius 3 is 2.32 bits per heavy atom. The third kappa shape index (κ3) is 5.31. The second-order valence-corrected chi connectivity index (χ2v) is 11.3. The average molecular weight is 432 g/mol. The molecule has 1 saturated heterocycles. The molecule has 158 valence electrons. The zero-order valence-electron chi connectivity index (χ0n) is 16.8. The van der Waals surface area contributed by atoms with Crippen molar-refractivity contribution in [1.82, 2.24) is 13.9 Å². The van der Waals surface area contributed by atoms with E-state index in [1.807, 2.05) is 0 Å². The van der Waals surface area contributed by atoms with E-state index in [0.29, 0.717) is 13.0 Å². The molecule has 2 rings (SSSR count). The number of hydrogen-bond acceptors (Lipinski definition) is 5. The van der Waals surface area contributed by atoms with Gasteiger partial charge in [-0.1, -0.05) is 18.6 Å². The minimum atomic E-state index is -3.55. The molecule has 1 heterocycles. The molecule has 0 aliphatic carbocycles. The molecule has 1 fully saturated rings. The van der Waals surface area contributed by atoms with Crippen LogP contribution in [0.3, 0.4) is 0 Å². The zero-order chi connectivity index (χ0) is 21.1. The van der Waals surface area contributed by atoms with Gasteiger partial charge in [0.2, 0.25) is 26.0 Å². The van der Waals surface area contributed by atoms with Gasteiger partial charge in [0, 0.05) is 26.2 Å². The minimum absolute atomic E-state index is 0.155. The van der Waals surface area contributed by atoms with Crippen molar-refractivity contribution in [2.45, 2.75) is 56.6 Å². The standard InChI is InChI=1S/C18H29N3O5S2/c1-14(2)20(3)28(25,26)16-10-8-15(9-11-16)13-19-18(22)17-7-5-6-12-21(17)27(4,23)24/h8-11,14,17H,5-7,12-13H2,1-4H3,(H,19,22). The lowest BCUT2D eigenvalue weighted by molar-refractivity contribution is -0.125. The van der Waals surface area contributed by atoms with E-state index in [0.717, 1.165) is 24.7 Å². The van der Waals surface area contributed by atoms with Crippen molar-refractivity contribution < 1.29 is 21.6 Å². The first kappa shape index (κ1) is 22.8. The molecule has 10 heteroatoms. The van der Waals surface area contributed by atoms with E-state index in [1.165, 1.54) is 27.8 Å². The van der Waals surface area contributed by atoms with E-state index < -0.39 is 26.1 Å². The molecule has 1 aliphatic heterocycles. The van der Waals surface area contributed by atoms with Crippen LogP contribution in [-0.2, 0) is 31.4 Å². The topological polar surface area (TPSA) is 104 Å². The largest absolute Gasteiger partial charge is 0.351 e. The van der Waals surface area contributed by atoms with E-state index in [4.69, 9.17) is 0 Å². The number of carbonyl (C=O) groups excluding carboxylic acids is 1. The monoisotopic (exact) mass is 431 g/mol. The summed E-state index contributed by atoms with van der Waals surface area (Å²) in [6.07, 6.45) is 3.17. The van der Waals surface area contributed by atoms with Crippen LogP contribution in [0.25, 0.3) is 0 Å². The fourth-order valence-electron chi connectivity index (χ4n) is 3.09. The molecule has 0 bridgehead atoms. The Balaban J connectivity index is 2.04. The number of amides is 1. The molecule has 1 N–H and O–H groups in total. The summed E-state index contributed by atoms with van der Waals surface area (Å²) in [6, 6.07) is 5.48. The highest BCUT2D eigenvalue weighted by molar-refractivity contribution is 7.89. The summed E-state index contributed by atoms with van der Waals surface area (Å²) >= 11 is 0. The SMILES string of the molecule is CC(C)N(C)S(=O)(=O)c1ccc(CNC(=O)C2CCCCN2S(C)(=O)=O)cc1. The number of hydrogen-bond donors (Lipinski definition) is 1. The van der Waals surface area contributed by atoms with E-state index in [2.05, 4.69) is 5.32 Å². The minimum Gasteiger partial charge on any atom is -0.351 e. The predicted octanol–water partition coefficient (Wildman–Crippen LogP) is 1.15. The highest BCUT2D eigenvalue weighted by Crippen LogP contribution is 2.20. The van der Waals surface area contributed by atoms with Gasteiger partial charge in [0.25, 0.3) is 0 Å². The van der Waals surface area contributed by atoms with Gasteiger partial charge in [-0.3, -0.25) is 4.79 Å². The van der Waals surface area contributed by atoms with Crippen LogP contribution in [0, 0.1) is 0 Å². The number of piperidine rings is 1. The maximum absolute atomic E-state index is 12.5. The summed E-state index contributed by atoms with van der Waals surface area (Å²) in [4.78, 5) is 12.7. The highest BCUT2D eigenvalue weighted by atomic mass is 32.2. The maximum atomic E-state index is 12.5. The molecule has 1 unspecified atom stereocenters. The van der Waals surface area contributed by atoms with Crippen LogP contribution < -0.4 is 5.32 Å². The Hall–Kier alpha value is -1.49. The Labute approximate surface area is 168 Å². The van der Waals surface area contributed by atoms with Crippen LogP contribution in [0.5, 0.6) is 0 Å². The quantitative estimate of drug-likeness (QED) is 0.697. The van der Waals surface area contributed by atoms with Crippen molar-refractivity contribution in [2.24, 2.45) is 0 Å². The van der Waals surface area contributed by atoms with Gasteiger partial charge in [-0.15, -0.1) is 0 Å². The first-order valence-corrected chi connectivity index (χ1v) is 12.5. The molecule has 1 aromatic rings. The lowest BCUT2D eigenvalue weighted by Gasteiger charge is -2.32. The summed E-state index contributed by atoms with van der Waals surface area (Å²) in [5.74, 6) is -0.332. The lowest BCUT2D eigenvalue weighted by Crippen LogP contribution is -2.51. The Kier molecular flexibility index (Phi) is 7.24. The molecular weight excluding hydrogens is 402 g/mol. The Bertz CT molecular complexity index is 896. The normalized spacial score (nSPS) is 19.1. The van der Waals surface area contributed by atoms with Gasteiger partial charge in [0.1, 0.15) is 6.04 Å². The van der Waals surface area contributed by atoms with Crippen LogP contribution in [0.15, 0.2) is 29.2 Å². The van der Waals surface area contributed by atoms with Crippen molar-refractivity contribution in [2.75, 3.05) is 19.8 Å². The van der Waals surface area contributed by atoms with Crippen LogP contribution in [-0.4, -0.2) is 63.3 Å². The molecule has 8 nitrogen and oxygen atoms in total. The van der Waals surface area contributed by atoms with Crippen molar-refractivity contribution in [1.29, 1.82) is 0 Å². The second-order valence-electron chi connectivity index (χ2n) is 7.36. The molecule has 0 radical (unpaired) electrons. The Morgan fingerprint density at radius 2 is 1.79 bits per heavy atom. The average Bonchev–Trinajstić information content (AvgIpc) is 2.65. The Morgan fingerprint density at radius 1 is 1.18 bits per heavy atom. The summed E-state index contributed by atoms with van der Waals surface area (Å²) in [5.41, 5.74) is 0.737. The van der Waals surface area contributed by atoms with Gasteiger partial charge in [0.05, 0.1) is 11.2 Å². The first-order valence-electron chi connectivity index (χ1n) is 9.26. The van der Waals surface area contributed by atoms with Gasteiger partial charge in [-0.2, -0.15) is 8.61 Å². The smallest absolute Gasteiger partial charge is 0.243 e. The van der Waals surface area contributed by atoms with E-state index in [-0.39, 0.29) is 23.4 Å². The highest BCUT2D eigenvalue weighted by Gasteiger charge is 2.34. The second kappa shape index (κ2) is 8.89. The number of rotatable bonds is 7. The molecule has 0 saturated carbocycles. The van der Waals surface area contributed by atoms with Gasteiger partial charge in [-0.05, 0) is 44.4 Å². The van der Waals surface area contributed by atoms with Crippen molar-refractivity contribution >= 4 is 26.0 Å². The van der Waals surface area contributed by atoms with Crippen LogP contribution >= 0.6 is 0 Å². The van der Waals surface area contributed by atoms with Gasteiger partial charge >= 0.3 is 0 Å². The van der Waals surface area contributed by atoms with Crippen molar-refractivity contribution in [3.63, 3.8) is 0 Å². The van der Waals surface area contributed by atoms with Crippen LogP contribution in [0.1, 0.15) is 38.7 Å². The maximum Gasteiger partial charge on any atom is 0.243 e. The number of nitrogens with one attached hydrogen (secondary N) is 1.